The number of hydrogen-bond donors (Lipinski definition) is 1. The number of carbonyl (C=O) groups excluding carboxylic acids is 1. The van der Waals surface area contributed by atoms with Gasteiger partial charge in [-0.2, -0.15) is 0 Å². The molecule has 1 aliphatic rings. The molecule has 0 spiro atoms. The Balaban J connectivity index is 1.84. The van der Waals surface area contributed by atoms with Gasteiger partial charge in [0.1, 0.15) is 0 Å². The van der Waals surface area contributed by atoms with Crippen LogP contribution in [0.2, 0.25) is 0 Å². The lowest BCUT2D eigenvalue weighted by molar-refractivity contribution is -0.129. The third-order valence-electron chi connectivity index (χ3n) is 3.55. The summed E-state index contributed by atoms with van der Waals surface area (Å²) in [7, 11) is 0. The van der Waals surface area contributed by atoms with Crippen LogP contribution in [0.4, 0.5) is 8.78 Å². The first-order valence-electron chi connectivity index (χ1n) is 6.49. The van der Waals surface area contributed by atoms with Crippen LogP contribution in [0.5, 0.6) is 0 Å². The Morgan fingerprint density at radius 2 is 2.05 bits per heavy atom. The van der Waals surface area contributed by atoms with E-state index in [4.69, 9.17) is 0 Å². The fraction of sp³-hybridized carbons (Fsp3) is 0.500. The van der Waals surface area contributed by atoms with Crippen molar-refractivity contribution >= 4 is 5.91 Å². The second-order valence-electron chi connectivity index (χ2n) is 4.87. The Labute approximate surface area is 111 Å². The number of nitrogens with one attached hydrogen (secondary N) is 1. The molecule has 3 nitrogen and oxygen atoms in total. The summed E-state index contributed by atoms with van der Waals surface area (Å²) < 4.78 is 26.5. The lowest BCUT2D eigenvalue weighted by atomic mass is 10.0. The van der Waals surface area contributed by atoms with Crippen molar-refractivity contribution in [3.05, 3.63) is 35.4 Å². The molecule has 0 aromatic heterocycles. The molecule has 0 atom stereocenters. The minimum Gasteiger partial charge on any atom is -0.343 e. The van der Waals surface area contributed by atoms with E-state index >= 15 is 0 Å². The number of piperidine rings is 1. The average molecular weight is 268 g/mol. The summed E-state index contributed by atoms with van der Waals surface area (Å²) in [5, 5.41) is 3.22. The van der Waals surface area contributed by atoms with Gasteiger partial charge in [0, 0.05) is 38.2 Å². The molecule has 1 saturated heterocycles. The molecule has 0 aliphatic carbocycles. The highest BCUT2D eigenvalue weighted by Crippen LogP contribution is 2.14. The van der Waals surface area contributed by atoms with Crippen molar-refractivity contribution in [1.29, 1.82) is 0 Å². The third-order valence-corrected chi connectivity index (χ3v) is 3.55. The summed E-state index contributed by atoms with van der Waals surface area (Å²) in [6.45, 7) is 3.32. The molecule has 0 unspecified atom stereocenters. The number of rotatable bonds is 3. The number of carbonyl (C=O) groups is 1. The van der Waals surface area contributed by atoms with Crippen LogP contribution in [0.15, 0.2) is 18.2 Å². The molecule has 1 aromatic carbocycles. The summed E-state index contributed by atoms with van der Waals surface area (Å²) >= 11 is 0. The number of halogens is 2. The smallest absolute Gasteiger partial charge is 0.219 e. The minimum absolute atomic E-state index is 0.0922. The van der Waals surface area contributed by atoms with Crippen molar-refractivity contribution in [2.45, 2.75) is 32.4 Å². The van der Waals surface area contributed by atoms with E-state index in [9.17, 15) is 13.6 Å². The third kappa shape index (κ3) is 3.50. The number of nitrogens with zero attached hydrogens (tertiary/aromatic N) is 1. The topological polar surface area (TPSA) is 32.3 Å². The second-order valence-corrected chi connectivity index (χ2v) is 4.87. The summed E-state index contributed by atoms with van der Waals surface area (Å²) in [6, 6.07) is 4.45. The Morgan fingerprint density at radius 3 is 2.68 bits per heavy atom. The summed E-state index contributed by atoms with van der Waals surface area (Å²) in [4.78, 5) is 13.0. The second kappa shape index (κ2) is 6.10. The van der Waals surface area contributed by atoms with Gasteiger partial charge >= 0.3 is 0 Å². The fourth-order valence-electron chi connectivity index (χ4n) is 2.34. The molecular formula is C14H18F2N2O. The largest absolute Gasteiger partial charge is 0.343 e. The van der Waals surface area contributed by atoms with Crippen molar-refractivity contribution in [3.8, 4) is 0 Å². The molecule has 5 heteroatoms. The van der Waals surface area contributed by atoms with Gasteiger partial charge in [0.25, 0.3) is 0 Å². The maximum Gasteiger partial charge on any atom is 0.219 e. The quantitative estimate of drug-likeness (QED) is 0.910. The lowest BCUT2D eigenvalue weighted by Crippen LogP contribution is -2.44. The van der Waals surface area contributed by atoms with Crippen LogP contribution in [0.25, 0.3) is 0 Å². The molecule has 0 saturated carbocycles. The molecule has 0 bridgehead atoms. The number of likely N-dealkylation sites (tertiary alicyclic amines) is 1. The van der Waals surface area contributed by atoms with Gasteiger partial charge in [-0.05, 0) is 18.9 Å². The standard InChI is InChI=1S/C14H18F2N2O/c1-10(19)18-7-5-12(6-8-18)17-9-11-3-2-4-13(15)14(11)16/h2-4,12,17H,5-9H2,1H3. The molecule has 1 heterocycles. The number of benzene rings is 1. The van der Waals surface area contributed by atoms with Crippen molar-refractivity contribution < 1.29 is 13.6 Å². The molecule has 19 heavy (non-hydrogen) atoms. The number of amides is 1. The van der Waals surface area contributed by atoms with Gasteiger partial charge in [-0.3, -0.25) is 4.79 Å². The summed E-state index contributed by atoms with van der Waals surface area (Å²) in [5.41, 5.74) is 0.342. The van der Waals surface area contributed by atoms with Gasteiger partial charge in [0.2, 0.25) is 5.91 Å². The first-order valence-corrected chi connectivity index (χ1v) is 6.49. The molecule has 2 rings (SSSR count). The first-order chi connectivity index (χ1) is 9.08. The molecule has 1 amide bonds. The normalized spacial score (nSPS) is 16.7. The molecule has 1 N–H and O–H groups in total. The minimum atomic E-state index is -0.814. The highest BCUT2D eigenvalue weighted by molar-refractivity contribution is 5.73. The van der Waals surface area contributed by atoms with Gasteiger partial charge in [0.15, 0.2) is 11.6 Å². The molecule has 0 radical (unpaired) electrons. The van der Waals surface area contributed by atoms with Crippen LogP contribution >= 0.6 is 0 Å². The average Bonchev–Trinajstić information content (AvgIpc) is 2.41. The Kier molecular flexibility index (Phi) is 4.47. The van der Waals surface area contributed by atoms with Crippen LogP contribution in [0.3, 0.4) is 0 Å². The van der Waals surface area contributed by atoms with Crippen molar-refractivity contribution in [2.24, 2.45) is 0 Å². The molecular weight excluding hydrogens is 250 g/mol. The SMILES string of the molecule is CC(=O)N1CCC(NCc2cccc(F)c2F)CC1. The Morgan fingerprint density at radius 1 is 1.37 bits per heavy atom. The van der Waals surface area contributed by atoms with Gasteiger partial charge < -0.3 is 10.2 Å². The van der Waals surface area contributed by atoms with Gasteiger partial charge in [-0.15, -0.1) is 0 Å². The molecule has 1 aromatic rings. The van der Waals surface area contributed by atoms with Gasteiger partial charge in [0.05, 0.1) is 0 Å². The Hall–Kier alpha value is -1.49. The lowest BCUT2D eigenvalue weighted by Gasteiger charge is -2.31. The zero-order chi connectivity index (χ0) is 13.8. The van der Waals surface area contributed by atoms with E-state index in [-0.39, 0.29) is 11.9 Å². The molecule has 104 valence electrons. The van der Waals surface area contributed by atoms with Gasteiger partial charge in [-0.1, -0.05) is 12.1 Å². The maximum absolute atomic E-state index is 13.5. The first kappa shape index (κ1) is 13.9. The monoisotopic (exact) mass is 268 g/mol. The summed E-state index contributed by atoms with van der Waals surface area (Å²) in [6.07, 6.45) is 1.69. The van der Waals surface area contributed by atoms with Crippen molar-refractivity contribution in [2.75, 3.05) is 13.1 Å². The van der Waals surface area contributed by atoms with Crippen LogP contribution < -0.4 is 5.32 Å². The van der Waals surface area contributed by atoms with E-state index in [2.05, 4.69) is 5.32 Å². The zero-order valence-electron chi connectivity index (χ0n) is 11.0. The fourth-order valence-corrected chi connectivity index (χ4v) is 2.34. The summed E-state index contributed by atoms with van der Waals surface area (Å²) in [5.74, 6) is -1.50. The predicted octanol–water partition coefficient (Wildman–Crippen LogP) is 2.07. The molecule has 1 fully saturated rings. The van der Waals surface area contributed by atoms with E-state index in [0.29, 0.717) is 12.1 Å². The van der Waals surface area contributed by atoms with Crippen LogP contribution in [-0.4, -0.2) is 29.9 Å². The van der Waals surface area contributed by atoms with E-state index in [1.807, 2.05) is 0 Å². The van der Waals surface area contributed by atoms with E-state index in [1.165, 1.54) is 6.07 Å². The highest BCUT2D eigenvalue weighted by atomic mass is 19.2. The Bertz CT molecular complexity index is 457. The maximum atomic E-state index is 13.5. The van der Waals surface area contributed by atoms with E-state index < -0.39 is 11.6 Å². The van der Waals surface area contributed by atoms with Gasteiger partial charge in [-0.25, -0.2) is 8.78 Å². The zero-order valence-corrected chi connectivity index (χ0v) is 11.0. The highest BCUT2D eigenvalue weighted by Gasteiger charge is 2.20. The van der Waals surface area contributed by atoms with Crippen LogP contribution in [0.1, 0.15) is 25.3 Å². The van der Waals surface area contributed by atoms with Crippen molar-refractivity contribution in [3.63, 3.8) is 0 Å². The van der Waals surface area contributed by atoms with E-state index in [0.717, 1.165) is 32.0 Å². The number of hydrogen-bond acceptors (Lipinski definition) is 2. The van der Waals surface area contributed by atoms with Crippen LogP contribution in [-0.2, 0) is 11.3 Å². The predicted molar refractivity (Wildman–Crippen MR) is 68.5 cm³/mol. The van der Waals surface area contributed by atoms with Crippen LogP contribution in [0, 0.1) is 11.6 Å². The van der Waals surface area contributed by atoms with E-state index in [1.54, 1.807) is 17.9 Å². The molecule has 1 aliphatic heterocycles. The van der Waals surface area contributed by atoms with Crippen molar-refractivity contribution in [1.82, 2.24) is 10.2 Å².